The van der Waals surface area contributed by atoms with Crippen molar-refractivity contribution in [2.75, 3.05) is 13.7 Å². The number of ether oxygens (including phenoxy) is 1. The van der Waals surface area contributed by atoms with Crippen LogP contribution in [0.25, 0.3) is 0 Å². The molecule has 2 atom stereocenters. The summed E-state index contributed by atoms with van der Waals surface area (Å²) in [4.78, 5) is 12.3. The first-order chi connectivity index (χ1) is 9.76. The van der Waals surface area contributed by atoms with Crippen LogP contribution in [-0.4, -0.2) is 19.6 Å². The Balaban J connectivity index is 1.94. The van der Waals surface area contributed by atoms with Crippen molar-refractivity contribution in [3.8, 4) is 5.75 Å². The monoisotopic (exact) mass is 276 g/mol. The molecule has 1 fully saturated rings. The molecule has 0 heterocycles. The molecule has 0 radical (unpaired) electrons. The number of rotatable bonds is 5. The number of nitrogens with one attached hydrogen (secondary N) is 1. The smallest absolute Gasteiger partial charge is 0.223 e. The lowest BCUT2D eigenvalue weighted by molar-refractivity contribution is -0.127. The largest absolute Gasteiger partial charge is 0.496 e. The van der Waals surface area contributed by atoms with Gasteiger partial charge < -0.3 is 15.8 Å². The van der Waals surface area contributed by atoms with E-state index < -0.39 is 0 Å². The zero-order valence-electron chi connectivity index (χ0n) is 12.1. The van der Waals surface area contributed by atoms with Gasteiger partial charge in [0, 0.05) is 18.0 Å². The van der Waals surface area contributed by atoms with E-state index in [1.165, 1.54) is 6.42 Å². The minimum Gasteiger partial charge on any atom is -0.496 e. The van der Waals surface area contributed by atoms with Gasteiger partial charge in [-0.3, -0.25) is 4.79 Å². The second-order valence-electron chi connectivity index (χ2n) is 5.42. The molecule has 0 aliphatic heterocycles. The number of carbonyl (C=O) groups excluding carboxylic acids is 1. The highest BCUT2D eigenvalue weighted by atomic mass is 16.5. The summed E-state index contributed by atoms with van der Waals surface area (Å²) in [7, 11) is 1.65. The molecule has 0 spiro atoms. The maximum atomic E-state index is 12.3. The maximum Gasteiger partial charge on any atom is 0.223 e. The van der Waals surface area contributed by atoms with Crippen LogP contribution < -0.4 is 15.8 Å². The van der Waals surface area contributed by atoms with Crippen molar-refractivity contribution in [1.82, 2.24) is 5.32 Å². The Hall–Kier alpha value is -1.55. The van der Waals surface area contributed by atoms with E-state index in [2.05, 4.69) is 5.32 Å². The molecule has 4 heteroatoms. The second-order valence-corrected chi connectivity index (χ2v) is 5.42. The SMILES string of the molecule is COc1ccccc1CNC(=O)C1CCCCC1CN. The average molecular weight is 276 g/mol. The van der Waals surface area contributed by atoms with E-state index in [0.29, 0.717) is 19.0 Å². The lowest BCUT2D eigenvalue weighted by Gasteiger charge is -2.29. The zero-order chi connectivity index (χ0) is 14.4. The van der Waals surface area contributed by atoms with E-state index >= 15 is 0 Å². The lowest BCUT2D eigenvalue weighted by atomic mass is 9.79. The van der Waals surface area contributed by atoms with Crippen LogP contribution >= 0.6 is 0 Å². The Labute approximate surface area is 120 Å². The van der Waals surface area contributed by atoms with E-state index in [1.807, 2.05) is 24.3 Å². The average Bonchev–Trinajstić information content (AvgIpc) is 2.52. The Bertz CT molecular complexity index is 448. The quantitative estimate of drug-likeness (QED) is 0.865. The van der Waals surface area contributed by atoms with E-state index in [1.54, 1.807) is 7.11 Å². The molecule has 1 saturated carbocycles. The number of benzene rings is 1. The van der Waals surface area contributed by atoms with Crippen molar-refractivity contribution < 1.29 is 9.53 Å². The van der Waals surface area contributed by atoms with Gasteiger partial charge in [-0.15, -0.1) is 0 Å². The van der Waals surface area contributed by atoms with Crippen molar-refractivity contribution in [2.45, 2.75) is 32.2 Å². The molecule has 110 valence electrons. The van der Waals surface area contributed by atoms with Crippen LogP contribution in [0, 0.1) is 11.8 Å². The first kappa shape index (κ1) is 14.9. The summed E-state index contributed by atoms with van der Waals surface area (Å²) in [6, 6.07) is 7.76. The van der Waals surface area contributed by atoms with E-state index in [9.17, 15) is 4.79 Å². The Morgan fingerprint density at radius 3 is 2.85 bits per heavy atom. The molecule has 1 aliphatic carbocycles. The fourth-order valence-electron chi connectivity index (χ4n) is 3.00. The molecule has 0 saturated heterocycles. The molecule has 4 nitrogen and oxygen atoms in total. The summed E-state index contributed by atoms with van der Waals surface area (Å²) in [5.74, 6) is 1.35. The van der Waals surface area contributed by atoms with E-state index in [4.69, 9.17) is 10.5 Å². The van der Waals surface area contributed by atoms with Crippen LogP contribution in [0.5, 0.6) is 5.75 Å². The van der Waals surface area contributed by atoms with Crippen LogP contribution in [0.15, 0.2) is 24.3 Å². The molecule has 0 bridgehead atoms. The van der Waals surface area contributed by atoms with Gasteiger partial charge >= 0.3 is 0 Å². The first-order valence-corrected chi connectivity index (χ1v) is 7.36. The number of methoxy groups -OCH3 is 1. The number of hydrogen-bond acceptors (Lipinski definition) is 3. The summed E-state index contributed by atoms with van der Waals surface area (Å²) < 4.78 is 5.29. The highest BCUT2D eigenvalue weighted by Crippen LogP contribution is 2.29. The number of nitrogens with two attached hydrogens (primary N) is 1. The molecule has 20 heavy (non-hydrogen) atoms. The van der Waals surface area contributed by atoms with Crippen LogP contribution in [0.1, 0.15) is 31.2 Å². The molecule has 1 aliphatic rings. The lowest BCUT2D eigenvalue weighted by Crippen LogP contribution is -2.39. The Kier molecular flexibility index (Phi) is 5.41. The normalized spacial score (nSPS) is 22.3. The summed E-state index contributed by atoms with van der Waals surface area (Å²) in [5, 5.41) is 3.03. The van der Waals surface area contributed by atoms with Crippen molar-refractivity contribution in [3.63, 3.8) is 0 Å². The van der Waals surface area contributed by atoms with Gasteiger partial charge in [0.25, 0.3) is 0 Å². The fourth-order valence-corrected chi connectivity index (χ4v) is 3.00. The van der Waals surface area contributed by atoms with Gasteiger partial charge in [0.2, 0.25) is 5.91 Å². The van der Waals surface area contributed by atoms with E-state index in [-0.39, 0.29) is 11.8 Å². The molecule has 1 aromatic rings. The molecule has 1 amide bonds. The molecular weight excluding hydrogens is 252 g/mol. The Morgan fingerprint density at radius 1 is 1.35 bits per heavy atom. The van der Waals surface area contributed by atoms with Crippen LogP contribution in [-0.2, 0) is 11.3 Å². The van der Waals surface area contributed by atoms with Gasteiger partial charge in [0.05, 0.1) is 7.11 Å². The van der Waals surface area contributed by atoms with Crippen molar-refractivity contribution >= 4 is 5.91 Å². The molecule has 0 aromatic heterocycles. The van der Waals surface area contributed by atoms with Crippen LogP contribution in [0.4, 0.5) is 0 Å². The summed E-state index contributed by atoms with van der Waals surface area (Å²) in [5.41, 5.74) is 6.79. The van der Waals surface area contributed by atoms with Crippen molar-refractivity contribution in [1.29, 1.82) is 0 Å². The third kappa shape index (κ3) is 3.51. The summed E-state index contributed by atoms with van der Waals surface area (Å²) in [6.45, 7) is 1.11. The minimum atomic E-state index is 0.0726. The first-order valence-electron chi connectivity index (χ1n) is 7.36. The minimum absolute atomic E-state index is 0.0726. The third-order valence-electron chi connectivity index (χ3n) is 4.19. The van der Waals surface area contributed by atoms with Gasteiger partial charge in [-0.1, -0.05) is 31.0 Å². The summed E-state index contributed by atoms with van der Waals surface area (Å²) in [6.07, 6.45) is 4.35. The fraction of sp³-hybridized carbons (Fsp3) is 0.562. The topological polar surface area (TPSA) is 64.3 Å². The van der Waals surface area contributed by atoms with Crippen molar-refractivity contribution in [3.05, 3.63) is 29.8 Å². The van der Waals surface area contributed by atoms with Crippen LogP contribution in [0.2, 0.25) is 0 Å². The van der Waals surface area contributed by atoms with Crippen molar-refractivity contribution in [2.24, 2.45) is 17.6 Å². The molecule has 1 aromatic carbocycles. The van der Waals surface area contributed by atoms with Gasteiger partial charge in [-0.25, -0.2) is 0 Å². The molecule has 2 rings (SSSR count). The third-order valence-corrected chi connectivity index (χ3v) is 4.19. The second kappa shape index (κ2) is 7.29. The molecular formula is C16H24N2O2. The van der Waals surface area contributed by atoms with Gasteiger partial charge in [0.1, 0.15) is 5.75 Å². The predicted octanol–water partition coefficient (Wildman–Crippen LogP) is 2.08. The van der Waals surface area contributed by atoms with Gasteiger partial charge in [-0.05, 0) is 31.4 Å². The van der Waals surface area contributed by atoms with Crippen LogP contribution in [0.3, 0.4) is 0 Å². The van der Waals surface area contributed by atoms with Gasteiger partial charge in [-0.2, -0.15) is 0 Å². The standard InChI is InChI=1S/C16H24N2O2/c1-20-15-9-5-3-7-13(15)11-18-16(19)14-8-4-2-6-12(14)10-17/h3,5,7,9,12,14H,2,4,6,8,10-11,17H2,1H3,(H,18,19). The maximum absolute atomic E-state index is 12.3. The number of hydrogen-bond donors (Lipinski definition) is 2. The van der Waals surface area contributed by atoms with E-state index in [0.717, 1.165) is 30.6 Å². The zero-order valence-corrected chi connectivity index (χ0v) is 12.1. The highest BCUT2D eigenvalue weighted by molar-refractivity contribution is 5.79. The Morgan fingerprint density at radius 2 is 2.10 bits per heavy atom. The highest BCUT2D eigenvalue weighted by Gasteiger charge is 2.29. The molecule has 2 unspecified atom stereocenters. The molecule has 3 N–H and O–H groups in total. The number of amides is 1. The van der Waals surface area contributed by atoms with Gasteiger partial charge in [0.15, 0.2) is 0 Å². The predicted molar refractivity (Wildman–Crippen MR) is 79.3 cm³/mol. The number of carbonyl (C=O) groups is 1. The summed E-state index contributed by atoms with van der Waals surface area (Å²) >= 11 is 0. The number of para-hydroxylation sites is 1.